The first-order valence-electron chi connectivity index (χ1n) is 11.1. The number of fused-ring (bicyclic) bond motifs is 8. The van der Waals surface area contributed by atoms with E-state index >= 15 is 0 Å². The Morgan fingerprint density at radius 2 is 1.27 bits per heavy atom. The molecule has 5 aromatic carbocycles. The third-order valence-corrected chi connectivity index (χ3v) is 6.75. The molecule has 33 heavy (non-hydrogen) atoms. The van der Waals surface area contributed by atoms with Crippen LogP contribution in [0.4, 0.5) is 5.69 Å². The SMILES string of the molecule is O=c1oc2ccccc2c2c1[C@H](c1cccc3ccccc13)Nc1ccc3ccccc3c1-2. The van der Waals surface area contributed by atoms with Crippen LogP contribution in [0.25, 0.3) is 43.6 Å². The van der Waals surface area contributed by atoms with Gasteiger partial charge in [0.2, 0.25) is 0 Å². The fraction of sp³-hybridized carbons (Fsp3) is 0.0333. The number of anilines is 1. The van der Waals surface area contributed by atoms with Crippen LogP contribution in [0.15, 0.2) is 112 Å². The van der Waals surface area contributed by atoms with Gasteiger partial charge in [0.15, 0.2) is 0 Å². The summed E-state index contributed by atoms with van der Waals surface area (Å²) in [7, 11) is 0. The van der Waals surface area contributed by atoms with Gasteiger partial charge in [0.25, 0.3) is 0 Å². The van der Waals surface area contributed by atoms with Gasteiger partial charge in [-0.2, -0.15) is 0 Å². The summed E-state index contributed by atoms with van der Waals surface area (Å²) in [5.74, 6) is 0. The van der Waals surface area contributed by atoms with Gasteiger partial charge in [0.1, 0.15) is 5.58 Å². The van der Waals surface area contributed by atoms with E-state index < -0.39 is 0 Å². The van der Waals surface area contributed by atoms with Gasteiger partial charge in [-0.1, -0.05) is 91.0 Å². The van der Waals surface area contributed by atoms with E-state index in [1.54, 1.807) is 0 Å². The van der Waals surface area contributed by atoms with Crippen LogP contribution >= 0.6 is 0 Å². The fourth-order valence-electron chi connectivity index (χ4n) is 5.32. The Labute approximate surface area is 189 Å². The highest BCUT2D eigenvalue weighted by atomic mass is 16.4. The molecule has 0 spiro atoms. The van der Waals surface area contributed by atoms with Crippen molar-refractivity contribution in [2.24, 2.45) is 0 Å². The summed E-state index contributed by atoms with van der Waals surface area (Å²) in [4.78, 5) is 13.5. The molecule has 1 aromatic heterocycles. The Hall–Kier alpha value is -4.37. The third-order valence-electron chi connectivity index (χ3n) is 6.75. The molecule has 1 aliphatic heterocycles. The fourth-order valence-corrected chi connectivity index (χ4v) is 5.32. The van der Waals surface area contributed by atoms with Crippen molar-refractivity contribution in [1.29, 1.82) is 0 Å². The lowest BCUT2D eigenvalue weighted by atomic mass is 9.82. The average molecular weight is 425 g/mol. The van der Waals surface area contributed by atoms with E-state index in [1.165, 1.54) is 0 Å². The van der Waals surface area contributed by atoms with E-state index in [1.807, 2.05) is 48.5 Å². The standard InChI is InChI=1S/C30H19NO2/c32-30-28-27(23-13-5-6-15-25(23)33-30)26-21-12-4-2-9-19(21)16-17-24(26)31-29(28)22-14-7-10-18-8-1-3-11-20(18)22/h1-17,29,31H/t29-/m0/s1. The Morgan fingerprint density at radius 1 is 0.606 bits per heavy atom. The summed E-state index contributed by atoms with van der Waals surface area (Å²) in [6, 6.07) is 34.7. The molecule has 3 heteroatoms. The molecule has 0 radical (unpaired) electrons. The molecule has 3 nitrogen and oxygen atoms in total. The summed E-state index contributed by atoms with van der Waals surface area (Å²) in [6.45, 7) is 0. The Bertz CT molecular complexity index is 1780. The van der Waals surface area contributed by atoms with Gasteiger partial charge < -0.3 is 9.73 Å². The maximum absolute atomic E-state index is 13.5. The van der Waals surface area contributed by atoms with Gasteiger partial charge in [-0.15, -0.1) is 0 Å². The molecule has 0 amide bonds. The second-order valence-electron chi connectivity index (χ2n) is 8.53. The Kier molecular flexibility index (Phi) is 3.76. The topological polar surface area (TPSA) is 42.2 Å². The molecule has 1 atom stereocenters. The van der Waals surface area contributed by atoms with Crippen molar-refractivity contribution in [2.75, 3.05) is 5.32 Å². The zero-order valence-corrected chi connectivity index (χ0v) is 17.7. The second kappa shape index (κ2) is 6.81. The molecule has 0 saturated carbocycles. The summed E-state index contributed by atoms with van der Waals surface area (Å²) in [5.41, 5.74) is 5.08. The van der Waals surface area contributed by atoms with E-state index in [0.29, 0.717) is 11.1 Å². The Morgan fingerprint density at radius 3 is 2.12 bits per heavy atom. The average Bonchev–Trinajstić information content (AvgIpc) is 2.87. The predicted octanol–water partition coefficient (Wildman–Crippen LogP) is 7.28. The number of hydrogen-bond donors (Lipinski definition) is 1. The molecule has 2 heterocycles. The summed E-state index contributed by atoms with van der Waals surface area (Å²) < 4.78 is 5.86. The molecule has 156 valence electrons. The van der Waals surface area contributed by atoms with Crippen molar-refractivity contribution in [3.05, 3.63) is 125 Å². The number of nitrogens with one attached hydrogen (secondary N) is 1. The first-order valence-corrected chi connectivity index (χ1v) is 11.1. The van der Waals surface area contributed by atoms with Gasteiger partial charge in [0.05, 0.1) is 11.6 Å². The molecule has 1 aliphatic rings. The van der Waals surface area contributed by atoms with Crippen LogP contribution in [0.5, 0.6) is 0 Å². The molecular formula is C30H19NO2. The lowest BCUT2D eigenvalue weighted by Gasteiger charge is -2.31. The minimum atomic E-state index is -0.319. The number of rotatable bonds is 1. The maximum atomic E-state index is 13.5. The molecule has 0 bridgehead atoms. The molecule has 0 unspecified atom stereocenters. The van der Waals surface area contributed by atoms with E-state index in [2.05, 4.69) is 59.9 Å². The molecule has 7 rings (SSSR count). The van der Waals surface area contributed by atoms with Crippen molar-refractivity contribution < 1.29 is 4.42 Å². The van der Waals surface area contributed by atoms with Gasteiger partial charge >= 0.3 is 5.63 Å². The van der Waals surface area contributed by atoms with Crippen molar-refractivity contribution >= 4 is 38.2 Å². The molecule has 0 aliphatic carbocycles. The zero-order valence-electron chi connectivity index (χ0n) is 17.7. The first-order chi connectivity index (χ1) is 16.3. The minimum absolute atomic E-state index is 0.298. The van der Waals surface area contributed by atoms with Crippen molar-refractivity contribution in [3.8, 4) is 11.1 Å². The number of benzene rings is 5. The highest BCUT2D eigenvalue weighted by molar-refractivity contribution is 6.11. The van der Waals surface area contributed by atoms with Gasteiger partial charge in [-0.3, -0.25) is 0 Å². The van der Waals surface area contributed by atoms with Crippen LogP contribution in [-0.4, -0.2) is 0 Å². The number of hydrogen-bond acceptors (Lipinski definition) is 3. The van der Waals surface area contributed by atoms with E-state index in [0.717, 1.165) is 49.3 Å². The van der Waals surface area contributed by atoms with Crippen LogP contribution in [0, 0.1) is 0 Å². The first kappa shape index (κ1) is 18.2. The number of para-hydroxylation sites is 1. The highest BCUT2D eigenvalue weighted by Crippen LogP contribution is 2.48. The van der Waals surface area contributed by atoms with E-state index in [-0.39, 0.29) is 11.7 Å². The lowest BCUT2D eigenvalue weighted by Crippen LogP contribution is -2.25. The minimum Gasteiger partial charge on any atom is -0.422 e. The van der Waals surface area contributed by atoms with Crippen LogP contribution in [0.2, 0.25) is 0 Å². The lowest BCUT2D eigenvalue weighted by molar-refractivity contribution is 0.548. The van der Waals surface area contributed by atoms with E-state index in [9.17, 15) is 4.79 Å². The van der Waals surface area contributed by atoms with Crippen LogP contribution in [-0.2, 0) is 0 Å². The largest absolute Gasteiger partial charge is 0.422 e. The molecule has 1 N–H and O–H groups in total. The van der Waals surface area contributed by atoms with E-state index in [4.69, 9.17) is 4.42 Å². The van der Waals surface area contributed by atoms with Crippen molar-refractivity contribution in [3.63, 3.8) is 0 Å². The van der Waals surface area contributed by atoms with Crippen LogP contribution in [0.1, 0.15) is 17.2 Å². The summed E-state index contributed by atoms with van der Waals surface area (Å²) >= 11 is 0. The molecule has 6 aromatic rings. The highest BCUT2D eigenvalue weighted by Gasteiger charge is 2.32. The van der Waals surface area contributed by atoms with Crippen LogP contribution in [0.3, 0.4) is 0 Å². The van der Waals surface area contributed by atoms with Crippen molar-refractivity contribution in [1.82, 2.24) is 0 Å². The smallest absolute Gasteiger partial charge is 0.342 e. The Balaban J connectivity index is 1.65. The van der Waals surface area contributed by atoms with Gasteiger partial charge in [-0.05, 0) is 39.2 Å². The summed E-state index contributed by atoms with van der Waals surface area (Å²) in [6.07, 6.45) is 0. The third kappa shape index (κ3) is 2.60. The van der Waals surface area contributed by atoms with Crippen molar-refractivity contribution in [2.45, 2.75) is 6.04 Å². The molecule has 0 saturated heterocycles. The normalized spacial score (nSPS) is 14.7. The quantitative estimate of drug-likeness (QED) is 0.281. The second-order valence-corrected chi connectivity index (χ2v) is 8.53. The van der Waals surface area contributed by atoms with Crippen LogP contribution < -0.4 is 10.9 Å². The summed E-state index contributed by atoms with van der Waals surface area (Å²) in [5, 5.41) is 9.19. The molecule has 0 fully saturated rings. The maximum Gasteiger partial charge on any atom is 0.342 e. The van der Waals surface area contributed by atoms with Gasteiger partial charge in [-0.25, -0.2) is 4.79 Å². The van der Waals surface area contributed by atoms with Gasteiger partial charge in [0, 0.05) is 22.2 Å². The molecular weight excluding hydrogens is 406 g/mol. The monoisotopic (exact) mass is 425 g/mol. The zero-order chi connectivity index (χ0) is 21.9. The predicted molar refractivity (Wildman–Crippen MR) is 135 cm³/mol.